The average molecular weight is 353 g/mol. The van der Waals surface area contributed by atoms with Gasteiger partial charge in [0.15, 0.2) is 11.6 Å². The van der Waals surface area contributed by atoms with E-state index in [-0.39, 0.29) is 17.6 Å². The molecule has 1 heterocycles. The lowest BCUT2D eigenvalue weighted by Crippen LogP contribution is -2.24. The smallest absolute Gasteiger partial charge is 0.170 e. The van der Waals surface area contributed by atoms with Gasteiger partial charge in [-0.15, -0.1) is 0 Å². The van der Waals surface area contributed by atoms with E-state index in [1.807, 2.05) is 6.07 Å². The molecule has 0 saturated heterocycles. The Morgan fingerprint density at radius 2 is 2.19 bits per heavy atom. The van der Waals surface area contributed by atoms with E-state index in [2.05, 4.69) is 33.2 Å². The highest BCUT2D eigenvalue weighted by molar-refractivity contribution is 9.10. The Bertz CT molecular complexity index is 607. The van der Waals surface area contributed by atoms with Gasteiger partial charge >= 0.3 is 0 Å². The van der Waals surface area contributed by atoms with Crippen LogP contribution in [0.5, 0.6) is 5.75 Å². The molecule has 1 atom stereocenters. The Hall–Kier alpha value is -1.46. The molecular formula is C16H18BrFN2O. The van der Waals surface area contributed by atoms with E-state index in [0.29, 0.717) is 5.56 Å². The van der Waals surface area contributed by atoms with Crippen molar-refractivity contribution in [3.8, 4) is 5.75 Å². The van der Waals surface area contributed by atoms with Crippen LogP contribution < -0.4 is 10.1 Å². The number of pyridine rings is 1. The van der Waals surface area contributed by atoms with Gasteiger partial charge in [-0.1, -0.05) is 19.1 Å². The van der Waals surface area contributed by atoms with E-state index in [4.69, 9.17) is 4.74 Å². The number of hydrogen-bond donors (Lipinski definition) is 1. The summed E-state index contributed by atoms with van der Waals surface area (Å²) in [5.41, 5.74) is 1.47. The van der Waals surface area contributed by atoms with Crippen molar-refractivity contribution in [3.05, 3.63) is 58.1 Å². The summed E-state index contributed by atoms with van der Waals surface area (Å²) < 4.78 is 20.5. The van der Waals surface area contributed by atoms with Gasteiger partial charge in [-0.3, -0.25) is 4.98 Å². The molecule has 1 aromatic carbocycles. The summed E-state index contributed by atoms with van der Waals surface area (Å²) in [6.07, 6.45) is 4.42. The van der Waals surface area contributed by atoms with Gasteiger partial charge in [0.25, 0.3) is 0 Å². The van der Waals surface area contributed by atoms with Gasteiger partial charge in [0.1, 0.15) is 0 Å². The maximum absolute atomic E-state index is 14.5. The highest BCUT2D eigenvalue weighted by atomic mass is 79.9. The molecule has 0 spiro atoms. The fourth-order valence-corrected chi connectivity index (χ4v) is 2.57. The molecule has 0 saturated carbocycles. The number of benzene rings is 1. The highest BCUT2D eigenvalue weighted by Gasteiger charge is 2.20. The fraction of sp³-hybridized carbons (Fsp3) is 0.312. The predicted octanol–water partition coefficient (Wildman–Crippen LogP) is 4.08. The van der Waals surface area contributed by atoms with Gasteiger partial charge in [0.05, 0.1) is 13.2 Å². The van der Waals surface area contributed by atoms with Gasteiger partial charge < -0.3 is 10.1 Å². The Morgan fingerprint density at radius 3 is 2.86 bits per heavy atom. The molecule has 3 nitrogen and oxygen atoms in total. The van der Waals surface area contributed by atoms with Crippen LogP contribution in [0.25, 0.3) is 0 Å². The first-order valence-corrected chi connectivity index (χ1v) is 7.63. The minimum atomic E-state index is -0.339. The number of methoxy groups -OCH3 is 1. The van der Waals surface area contributed by atoms with Crippen molar-refractivity contribution in [2.24, 2.45) is 0 Å². The summed E-state index contributed by atoms with van der Waals surface area (Å²) in [7, 11) is 1.47. The number of halogens is 2. The molecule has 1 unspecified atom stereocenters. The normalized spacial score (nSPS) is 12.2. The van der Waals surface area contributed by atoms with Crippen LogP contribution in [0.2, 0.25) is 0 Å². The van der Waals surface area contributed by atoms with Gasteiger partial charge in [-0.25, -0.2) is 4.39 Å². The second-order valence-electron chi connectivity index (χ2n) is 4.69. The lowest BCUT2D eigenvalue weighted by Gasteiger charge is -2.21. The van der Waals surface area contributed by atoms with Gasteiger partial charge in [0, 0.05) is 22.4 Å². The Morgan fingerprint density at radius 1 is 1.38 bits per heavy atom. The van der Waals surface area contributed by atoms with E-state index in [1.54, 1.807) is 30.6 Å². The van der Waals surface area contributed by atoms with Gasteiger partial charge in [0.2, 0.25) is 0 Å². The van der Waals surface area contributed by atoms with E-state index in [1.165, 1.54) is 7.11 Å². The Balaban J connectivity index is 2.45. The maximum Gasteiger partial charge on any atom is 0.170 e. The number of hydrogen-bond acceptors (Lipinski definition) is 3. The molecule has 112 valence electrons. The third-order valence-corrected chi connectivity index (χ3v) is 3.62. The molecule has 5 heteroatoms. The molecule has 1 N–H and O–H groups in total. The number of nitrogens with zero attached hydrogens (tertiary/aromatic N) is 1. The van der Waals surface area contributed by atoms with Gasteiger partial charge in [-0.2, -0.15) is 0 Å². The van der Waals surface area contributed by atoms with Crippen molar-refractivity contribution in [2.45, 2.75) is 19.4 Å². The third-order valence-electron chi connectivity index (χ3n) is 3.18. The quantitative estimate of drug-likeness (QED) is 0.850. The summed E-state index contributed by atoms with van der Waals surface area (Å²) in [6, 6.07) is 6.87. The number of rotatable bonds is 6. The van der Waals surface area contributed by atoms with Gasteiger partial charge in [-0.05, 0) is 46.6 Å². The molecule has 2 rings (SSSR count). The van der Waals surface area contributed by atoms with Crippen molar-refractivity contribution < 1.29 is 9.13 Å². The topological polar surface area (TPSA) is 34.2 Å². The number of ether oxygens (including phenoxy) is 1. The molecule has 0 aliphatic heterocycles. The lowest BCUT2D eigenvalue weighted by atomic mass is 9.99. The van der Waals surface area contributed by atoms with Crippen LogP contribution >= 0.6 is 15.9 Å². The molecule has 1 aromatic heterocycles. The zero-order valence-electron chi connectivity index (χ0n) is 12.1. The molecule has 21 heavy (non-hydrogen) atoms. The van der Waals surface area contributed by atoms with Crippen LogP contribution in [-0.2, 0) is 0 Å². The summed E-state index contributed by atoms with van der Waals surface area (Å²) in [5.74, 6) is -0.0904. The van der Waals surface area contributed by atoms with Crippen LogP contribution in [0.3, 0.4) is 0 Å². The van der Waals surface area contributed by atoms with Crippen molar-refractivity contribution >= 4 is 15.9 Å². The van der Waals surface area contributed by atoms with Crippen molar-refractivity contribution in [1.29, 1.82) is 0 Å². The first-order valence-electron chi connectivity index (χ1n) is 6.83. The van der Waals surface area contributed by atoms with E-state index in [9.17, 15) is 4.39 Å². The fourth-order valence-electron chi connectivity index (χ4n) is 2.19. The second-order valence-corrected chi connectivity index (χ2v) is 5.60. The molecular weight excluding hydrogens is 335 g/mol. The van der Waals surface area contributed by atoms with Crippen LogP contribution in [0.1, 0.15) is 30.5 Å². The highest BCUT2D eigenvalue weighted by Crippen LogP contribution is 2.30. The lowest BCUT2D eigenvalue weighted by molar-refractivity contribution is 0.381. The zero-order chi connectivity index (χ0) is 15.2. The number of aromatic nitrogens is 1. The van der Waals surface area contributed by atoms with Crippen molar-refractivity contribution in [2.75, 3.05) is 13.7 Å². The first kappa shape index (κ1) is 15.9. The van der Waals surface area contributed by atoms with E-state index in [0.717, 1.165) is 23.0 Å². The minimum Gasteiger partial charge on any atom is -0.494 e. The molecule has 0 amide bonds. The van der Waals surface area contributed by atoms with Crippen LogP contribution in [-0.4, -0.2) is 18.6 Å². The standard InChI is InChI=1S/C16H18BrFN2O/c1-3-7-20-16(11-8-12(17)10-19-9-11)13-5-4-6-14(21-2)15(13)18/h4-6,8-10,16,20H,3,7H2,1-2H3. The number of nitrogens with one attached hydrogen (secondary N) is 1. The molecule has 0 radical (unpaired) electrons. The van der Waals surface area contributed by atoms with E-state index < -0.39 is 0 Å². The van der Waals surface area contributed by atoms with Crippen molar-refractivity contribution in [3.63, 3.8) is 0 Å². The SMILES string of the molecule is CCCNC(c1cncc(Br)c1)c1cccc(OC)c1F. The van der Waals surface area contributed by atoms with Crippen LogP contribution in [0.4, 0.5) is 4.39 Å². The molecule has 0 bridgehead atoms. The van der Waals surface area contributed by atoms with Crippen molar-refractivity contribution in [1.82, 2.24) is 10.3 Å². The predicted molar refractivity (Wildman–Crippen MR) is 85.0 cm³/mol. The summed E-state index contributed by atoms with van der Waals surface area (Å²) in [4.78, 5) is 4.17. The third kappa shape index (κ3) is 3.80. The average Bonchev–Trinajstić information content (AvgIpc) is 2.49. The Kier molecular flexibility index (Phi) is 5.70. The summed E-state index contributed by atoms with van der Waals surface area (Å²) in [5, 5.41) is 3.36. The maximum atomic E-state index is 14.5. The summed E-state index contributed by atoms with van der Waals surface area (Å²) >= 11 is 3.41. The molecule has 0 aliphatic rings. The minimum absolute atomic E-state index is 0.249. The molecule has 2 aromatic rings. The Labute approximate surface area is 132 Å². The second kappa shape index (κ2) is 7.52. The van der Waals surface area contributed by atoms with Crippen LogP contribution in [0, 0.1) is 5.82 Å². The van der Waals surface area contributed by atoms with E-state index >= 15 is 0 Å². The summed E-state index contributed by atoms with van der Waals surface area (Å²) in [6.45, 7) is 2.86. The zero-order valence-corrected chi connectivity index (χ0v) is 13.7. The monoisotopic (exact) mass is 352 g/mol. The molecule has 0 fully saturated rings. The first-order chi connectivity index (χ1) is 10.2. The molecule has 0 aliphatic carbocycles. The van der Waals surface area contributed by atoms with Crippen LogP contribution in [0.15, 0.2) is 41.1 Å². The largest absolute Gasteiger partial charge is 0.494 e.